The van der Waals surface area contributed by atoms with Crippen LogP contribution in [-0.2, 0) is 11.8 Å². The Labute approximate surface area is 136 Å². The van der Waals surface area contributed by atoms with Gasteiger partial charge < -0.3 is 5.32 Å². The van der Waals surface area contributed by atoms with Crippen molar-refractivity contribution in [3.05, 3.63) is 0 Å². The third kappa shape index (κ3) is 5.08. The lowest BCUT2D eigenvalue weighted by Crippen LogP contribution is -2.27. The monoisotopic (exact) mass is 351 g/mol. The Morgan fingerprint density at radius 1 is 0.905 bits per heavy atom. The van der Waals surface area contributed by atoms with Crippen LogP contribution in [0.1, 0.15) is 6.92 Å². The molecule has 0 aliphatic heterocycles. The van der Waals surface area contributed by atoms with E-state index < -0.39 is 13.5 Å². The van der Waals surface area contributed by atoms with Crippen molar-refractivity contribution >= 4 is 30.9 Å². The topological polar surface area (TPSA) is 25.0 Å². The first kappa shape index (κ1) is 21.1. The molecule has 0 aliphatic carbocycles. The molecular weight excluding hydrogens is 320 g/mol. The van der Waals surface area contributed by atoms with Gasteiger partial charge in [-0.2, -0.15) is 0 Å². The van der Waals surface area contributed by atoms with Crippen LogP contribution in [0.15, 0.2) is 0 Å². The number of nitrogens with one attached hydrogen (secondary N) is 1. The molecule has 0 heterocycles. The lowest BCUT2D eigenvalue weighted by atomic mass is 10.8. The van der Waals surface area contributed by atoms with Gasteiger partial charge in [0.25, 0.3) is 0 Å². The molecule has 0 bridgehead atoms. The largest absolute Gasteiger partial charge is 0.346 e. The van der Waals surface area contributed by atoms with Crippen LogP contribution in [0.3, 0.4) is 0 Å². The van der Waals surface area contributed by atoms with Crippen LogP contribution >= 0.6 is 13.5 Å². The molecule has 0 unspecified atom stereocenters. The van der Waals surface area contributed by atoms with E-state index in [4.69, 9.17) is 11.8 Å². The van der Waals surface area contributed by atoms with Gasteiger partial charge in [-0.05, 0) is 69.0 Å². The highest BCUT2D eigenvalue weighted by atomic mass is 32.4. The Bertz CT molecular complexity index is 465. The Morgan fingerprint density at radius 2 is 1.33 bits per heavy atom. The van der Waals surface area contributed by atoms with Gasteiger partial charge >= 0.3 is 0 Å². The minimum atomic E-state index is -1.93. The summed E-state index contributed by atoms with van der Waals surface area (Å²) < 4.78 is 8.73. The summed E-state index contributed by atoms with van der Waals surface area (Å²) >= 11 is 6.01. The predicted molar refractivity (Wildman–Crippen MR) is 103 cm³/mol. The molecule has 0 saturated carbocycles. The second-order valence-corrected chi connectivity index (χ2v) is 13.9. The number of hydrogen-bond acceptors (Lipinski definition) is 4. The zero-order chi connectivity index (χ0) is 16.8. The third-order valence-electron chi connectivity index (χ3n) is 3.16. The standard InChI is InChI=1S/C13H31N5P2S/c1-10-14-11-12-19(15(2)3,16(4)5)13-20(21,17(6)7)18(8)9/h13-14H,10H2,1-9H3. The molecule has 0 aromatic rings. The van der Waals surface area contributed by atoms with Crippen LogP contribution in [-0.4, -0.2) is 87.1 Å². The average molecular weight is 351 g/mol. The minimum absolute atomic E-state index is 0.837. The maximum Gasteiger partial charge on any atom is 0.102 e. The highest BCUT2D eigenvalue weighted by molar-refractivity contribution is 8.23. The summed E-state index contributed by atoms with van der Waals surface area (Å²) in [5, 5.41) is 3.10. The quantitative estimate of drug-likeness (QED) is 0.444. The summed E-state index contributed by atoms with van der Waals surface area (Å²) in [5.74, 6) is 0. The van der Waals surface area contributed by atoms with Gasteiger partial charge in [-0.15, -0.1) is 0 Å². The van der Waals surface area contributed by atoms with Crippen LogP contribution in [0.5, 0.6) is 0 Å². The van der Waals surface area contributed by atoms with Crippen LogP contribution in [0, 0.1) is 11.7 Å². The van der Waals surface area contributed by atoms with Gasteiger partial charge in [-0.3, -0.25) is 18.7 Å². The summed E-state index contributed by atoms with van der Waals surface area (Å²) in [4.78, 5) is 0. The number of nitrogens with zero attached hydrogens (tertiary/aromatic N) is 4. The van der Waals surface area contributed by atoms with Crippen LogP contribution in [0.25, 0.3) is 0 Å². The fourth-order valence-corrected chi connectivity index (χ4v) is 10.2. The smallest absolute Gasteiger partial charge is 0.102 e. The molecule has 0 radical (unpaired) electrons. The Balaban J connectivity index is 6.32. The number of hydrogen-bond donors (Lipinski definition) is 1. The van der Waals surface area contributed by atoms with Crippen molar-refractivity contribution in [1.82, 2.24) is 24.0 Å². The van der Waals surface area contributed by atoms with Crippen LogP contribution in [0.4, 0.5) is 0 Å². The van der Waals surface area contributed by atoms with Crippen molar-refractivity contribution in [1.29, 1.82) is 0 Å². The van der Waals surface area contributed by atoms with Gasteiger partial charge in [-0.1, -0.05) is 11.8 Å². The predicted octanol–water partition coefficient (Wildman–Crippen LogP) is 1.68. The first-order chi connectivity index (χ1) is 9.54. The summed E-state index contributed by atoms with van der Waals surface area (Å²) in [6, 6.07) is 3.11. The molecule has 124 valence electrons. The molecule has 0 fully saturated rings. The van der Waals surface area contributed by atoms with E-state index in [9.17, 15) is 0 Å². The zero-order valence-electron chi connectivity index (χ0n) is 14.9. The van der Waals surface area contributed by atoms with E-state index in [0.717, 1.165) is 6.54 Å². The molecular formula is C13H31N5P2S. The van der Waals surface area contributed by atoms with Gasteiger partial charge in [0.1, 0.15) is 6.34 Å². The van der Waals surface area contributed by atoms with E-state index in [-0.39, 0.29) is 0 Å². The van der Waals surface area contributed by atoms with E-state index >= 15 is 0 Å². The van der Waals surface area contributed by atoms with Crippen molar-refractivity contribution in [2.45, 2.75) is 6.92 Å². The molecule has 8 heteroatoms. The Hall–Kier alpha value is 0.150. The molecule has 5 nitrogen and oxygen atoms in total. The highest BCUT2D eigenvalue weighted by Crippen LogP contribution is 2.60. The lowest BCUT2D eigenvalue weighted by Gasteiger charge is -2.39. The average Bonchev–Trinajstić information content (AvgIpc) is 2.36. The first-order valence-electron chi connectivity index (χ1n) is 6.86. The van der Waals surface area contributed by atoms with Gasteiger partial charge in [-0.25, -0.2) is 0 Å². The van der Waals surface area contributed by atoms with E-state index in [1.54, 1.807) is 0 Å². The molecule has 0 aromatic carbocycles. The van der Waals surface area contributed by atoms with Gasteiger partial charge in [0.15, 0.2) is 0 Å². The molecule has 0 atom stereocenters. The second kappa shape index (κ2) is 8.70. The van der Waals surface area contributed by atoms with Crippen LogP contribution < -0.4 is 5.32 Å². The second-order valence-electron chi connectivity index (χ2n) is 5.51. The highest BCUT2D eigenvalue weighted by Gasteiger charge is 2.29. The molecule has 0 saturated heterocycles. The SMILES string of the molecule is CCNC#CP(=CP(=S)(N(C)C)N(C)C)(N(C)C)N(C)C. The van der Waals surface area contributed by atoms with E-state index in [1.807, 2.05) is 6.92 Å². The van der Waals surface area contributed by atoms with Crippen molar-refractivity contribution < 1.29 is 0 Å². The van der Waals surface area contributed by atoms with E-state index in [0.29, 0.717) is 0 Å². The van der Waals surface area contributed by atoms with Crippen molar-refractivity contribution in [3.63, 3.8) is 0 Å². The first-order valence-corrected chi connectivity index (χ1v) is 11.4. The summed E-state index contributed by atoms with van der Waals surface area (Å²) in [6.45, 7) is 2.89. The molecule has 0 aliphatic rings. The molecule has 0 amide bonds. The summed E-state index contributed by atoms with van der Waals surface area (Å²) in [6.07, 6.45) is -1.93. The minimum Gasteiger partial charge on any atom is -0.346 e. The Morgan fingerprint density at radius 3 is 1.62 bits per heavy atom. The fourth-order valence-electron chi connectivity index (χ4n) is 1.78. The van der Waals surface area contributed by atoms with Gasteiger partial charge in [0.05, 0.1) is 7.19 Å². The van der Waals surface area contributed by atoms with Crippen molar-refractivity contribution in [2.75, 3.05) is 62.9 Å². The maximum atomic E-state index is 6.01. The van der Waals surface area contributed by atoms with Crippen molar-refractivity contribution in [2.24, 2.45) is 0 Å². The van der Waals surface area contributed by atoms with Crippen molar-refractivity contribution in [3.8, 4) is 11.7 Å². The fraction of sp³-hybridized carbons (Fsp3) is 0.769. The van der Waals surface area contributed by atoms with Crippen LogP contribution in [0.2, 0.25) is 0 Å². The molecule has 0 rings (SSSR count). The molecule has 0 spiro atoms. The summed E-state index contributed by atoms with van der Waals surface area (Å²) in [7, 11) is 14.6. The van der Waals surface area contributed by atoms with E-state index in [1.165, 1.54) is 0 Å². The zero-order valence-corrected chi connectivity index (χ0v) is 17.5. The normalized spacial score (nSPS) is 12.8. The third-order valence-corrected chi connectivity index (χ3v) is 13.6. The van der Waals surface area contributed by atoms with Gasteiger partial charge in [0, 0.05) is 18.1 Å². The Kier molecular flexibility index (Phi) is 8.76. The van der Waals surface area contributed by atoms with E-state index in [2.05, 4.69) is 97.6 Å². The summed E-state index contributed by atoms with van der Waals surface area (Å²) in [5.41, 5.74) is 5.77. The lowest BCUT2D eigenvalue weighted by molar-refractivity contribution is 0.577. The molecule has 0 aromatic heterocycles. The molecule has 21 heavy (non-hydrogen) atoms. The van der Waals surface area contributed by atoms with Gasteiger partial charge in [0.2, 0.25) is 0 Å². The number of rotatable bonds is 6. The maximum absolute atomic E-state index is 6.01. The molecule has 1 N–H and O–H groups in total.